The molecule has 1 heterocycles. The molecule has 0 N–H and O–H groups in total. The lowest BCUT2D eigenvalue weighted by atomic mass is 10.2. The summed E-state index contributed by atoms with van der Waals surface area (Å²) >= 11 is 0. The number of carbonyl (C=O) groups excluding carboxylic acids is 1. The van der Waals surface area contributed by atoms with Crippen LogP contribution in [0.3, 0.4) is 0 Å². The van der Waals surface area contributed by atoms with E-state index in [4.69, 9.17) is 10.00 Å². The number of pyridine rings is 1. The van der Waals surface area contributed by atoms with Gasteiger partial charge in [-0.05, 0) is 12.5 Å². The number of nitro groups is 1. The fourth-order valence-corrected chi connectivity index (χ4v) is 1.30. The summed E-state index contributed by atoms with van der Waals surface area (Å²) in [5.41, 5.74) is -0.164. The third kappa shape index (κ3) is 4.20. The summed E-state index contributed by atoms with van der Waals surface area (Å²) in [7, 11) is 0. The van der Waals surface area contributed by atoms with Crippen molar-refractivity contribution in [2.24, 2.45) is 0 Å². The standard InChI is InChI=1S/C12H11N3O4/c1-2-19-12(16)5-3-4-9-6-11(15(17)18)10(7-13)14-8-9/h3-4,6,8H,2,5H2,1H3. The van der Waals surface area contributed by atoms with Gasteiger partial charge in [0.25, 0.3) is 0 Å². The van der Waals surface area contributed by atoms with Crippen LogP contribution in [-0.4, -0.2) is 22.5 Å². The predicted octanol–water partition coefficient (Wildman–Crippen LogP) is 1.83. The van der Waals surface area contributed by atoms with E-state index in [0.29, 0.717) is 12.2 Å². The molecule has 19 heavy (non-hydrogen) atoms. The number of rotatable bonds is 5. The molecule has 0 saturated carbocycles. The van der Waals surface area contributed by atoms with Gasteiger partial charge in [-0.1, -0.05) is 12.2 Å². The Morgan fingerprint density at radius 3 is 3.00 bits per heavy atom. The Bertz CT molecular complexity index is 561. The van der Waals surface area contributed by atoms with Gasteiger partial charge in [0, 0.05) is 12.3 Å². The summed E-state index contributed by atoms with van der Waals surface area (Å²) in [5, 5.41) is 19.4. The lowest BCUT2D eigenvalue weighted by Crippen LogP contribution is -2.01. The monoisotopic (exact) mass is 261 g/mol. The average Bonchev–Trinajstić information content (AvgIpc) is 2.38. The molecule has 0 amide bonds. The molecule has 7 nitrogen and oxygen atoms in total. The van der Waals surface area contributed by atoms with E-state index in [2.05, 4.69) is 4.98 Å². The fourth-order valence-electron chi connectivity index (χ4n) is 1.30. The molecule has 98 valence electrons. The number of nitrogens with zero attached hydrogens (tertiary/aromatic N) is 3. The summed E-state index contributed by atoms with van der Waals surface area (Å²) in [6, 6.07) is 2.87. The van der Waals surface area contributed by atoms with Crippen LogP contribution in [0.15, 0.2) is 18.3 Å². The minimum atomic E-state index is -0.672. The minimum absolute atomic E-state index is 0.0711. The van der Waals surface area contributed by atoms with Crippen molar-refractivity contribution in [2.45, 2.75) is 13.3 Å². The highest BCUT2D eigenvalue weighted by atomic mass is 16.6. The van der Waals surface area contributed by atoms with Crippen LogP contribution in [-0.2, 0) is 9.53 Å². The van der Waals surface area contributed by atoms with Crippen molar-refractivity contribution in [3.63, 3.8) is 0 Å². The summed E-state index contributed by atoms with van der Waals surface area (Å²) in [6.45, 7) is 2.01. The molecule has 0 aliphatic heterocycles. The molecule has 0 fully saturated rings. The van der Waals surface area contributed by atoms with Crippen molar-refractivity contribution >= 4 is 17.7 Å². The normalized spacial score (nSPS) is 10.1. The minimum Gasteiger partial charge on any atom is -0.466 e. The molecule has 0 aromatic carbocycles. The van der Waals surface area contributed by atoms with Crippen LogP contribution < -0.4 is 0 Å². The van der Waals surface area contributed by atoms with E-state index in [-0.39, 0.29) is 23.8 Å². The summed E-state index contributed by atoms with van der Waals surface area (Å²) < 4.78 is 4.72. The lowest BCUT2D eigenvalue weighted by molar-refractivity contribution is -0.385. The van der Waals surface area contributed by atoms with Crippen LogP contribution in [0.1, 0.15) is 24.6 Å². The van der Waals surface area contributed by atoms with Crippen LogP contribution in [0.25, 0.3) is 6.08 Å². The molecular formula is C12H11N3O4. The van der Waals surface area contributed by atoms with Gasteiger partial charge < -0.3 is 4.74 Å². The Morgan fingerprint density at radius 1 is 1.68 bits per heavy atom. The molecule has 1 aromatic rings. The van der Waals surface area contributed by atoms with Crippen molar-refractivity contribution in [3.05, 3.63) is 39.7 Å². The van der Waals surface area contributed by atoms with Crippen molar-refractivity contribution in [2.75, 3.05) is 6.61 Å². The fraction of sp³-hybridized carbons (Fsp3) is 0.250. The zero-order valence-corrected chi connectivity index (χ0v) is 10.2. The highest BCUT2D eigenvalue weighted by molar-refractivity contribution is 5.72. The Labute approximate surface area is 109 Å². The molecular weight excluding hydrogens is 250 g/mol. The Morgan fingerprint density at radius 2 is 2.42 bits per heavy atom. The summed E-state index contributed by atoms with van der Waals surface area (Å²) in [5.74, 6) is -0.380. The maximum absolute atomic E-state index is 11.1. The third-order valence-electron chi connectivity index (χ3n) is 2.09. The average molecular weight is 261 g/mol. The maximum Gasteiger partial charge on any atom is 0.309 e. The van der Waals surface area contributed by atoms with E-state index in [1.807, 2.05) is 0 Å². The molecule has 1 aromatic heterocycles. The van der Waals surface area contributed by atoms with Gasteiger partial charge in [0.2, 0.25) is 5.69 Å². The van der Waals surface area contributed by atoms with E-state index in [1.165, 1.54) is 24.4 Å². The summed E-state index contributed by atoms with van der Waals surface area (Å²) in [4.78, 5) is 24.8. The third-order valence-corrected chi connectivity index (χ3v) is 2.09. The number of hydrogen-bond donors (Lipinski definition) is 0. The van der Waals surface area contributed by atoms with Gasteiger partial charge in [-0.25, -0.2) is 4.98 Å². The van der Waals surface area contributed by atoms with Crippen LogP contribution in [0, 0.1) is 21.4 Å². The Hall–Kier alpha value is -2.75. The number of nitriles is 1. The zero-order chi connectivity index (χ0) is 14.3. The second kappa shape index (κ2) is 6.86. The van der Waals surface area contributed by atoms with Gasteiger partial charge in [-0.15, -0.1) is 0 Å². The van der Waals surface area contributed by atoms with E-state index in [1.54, 1.807) is 13.0 Å². The SMILES string of the molecule is CCOC(=O)CC=Cc1cnc(C#N)c([N+](=O)[O-])c1. The molecule has 0 bridgehead atoms. The predicted molar refractivity (Wildman–Crippen MR) is 65.9 cm³/mol. The molecule has 0 aliphatic carbocycles. The van der Waals surface area contributed by atoms with E-state index in [9.17, 15) is 14.9 Å². The first-order valence-corrected chi connectivity index (χ1v) is 5.45. The van der Waals surface area contributed by atoms with Crippen LogP contribution in [0.4, 0.5) is 5.69 Å². The first kappa shape index (κ1) is 14.3. The largest absolute Gasteiger partial charge is 0.466 e. The molecule has 0 radical (unpaired) electrons. The molecule has 0 aliphatic rings. The van der Waals surface area contributed by atoms with Gasteiger partial charge in [0.15, 0.2) is 0 Å². The number of carbonyl (C=O) groups is 1. The van der Waals surface area contributed by atoms with Crippen molar-refractivity contribution in [1.29, 1.82) is 5.26 Å². The van der Waals surface area contributed by atoms with Gasteiger partial charge >= 0.3 is 11.7 Å². The summed E-state index contributed by atoms with van der Waals surface area (Å²) in [6.07, 6.45) is 4.43. The lowest BCUT2D eigenvalue weighted by Gasteiger charge is -1.98. The van der Waals surface area contributed by atoms with Crippen molar-refractivity contribution in [3.8, 4) is 6.07 Å². The number of hydrogen-bond acceptors (Lipinski definition) is 6. The van der Waals surface area contributed by atoms with E-state index >= 15 is 0 Å². The maximum atomic E-state index is 11.1. The number of ether oxygens (including phenoxy) is 1. The van der Waals surface area contributed by atoms with Gasteiger partial charge in [0.05, 0.1) is 18.0 Å². The molecule has 0 saturated heterocycles. The molecule has 0 atom stereocenters. The number of aromatic nitrogens is 1. The molecule has 0 spiro atoms. The zero-order valence-electron chi connectivity index (χ0n) is 10.2. The highest BCUT2D eigenvalue weighted by Crippen LogP contribution is 2.17. The highest BCUT2D eigenvalue weighted by Gasteiger charge is 2.14. The number of esters is 1. The molecule has 1 rings (SSSR count). The first-order chi connectivity index (χ1) is 9.08. The van der Waals surface area contributed by atoms with Crippen molar-refractivity contribution < 1.29 is 14.5 Å². The van der Waals surface area contributed by atoms with Gasteiger partial charge in [-0.2, -0.15) is 5.26 Å². The van der Waals surface area contributed by atoms with Gasteiger partial charge in [-0.3, -0.25) is 14.9 Å². The van der Waals surface area contributed by atoms with E-state index in [0.717, 1.165) is 0 Å². The van der Waals surface area contributed by atoms with Crippen molar-refractivity contribution in [1.82, 2.24) is 4.98 Å². The quantitative estimate of drug-likeness (QED) is 0.454. The topological polar surface area (TPSA) is 106 Å². The smallest absolute Gasteiger partial charge is 0.309 e. The van der Waals surface area contributed by atoms with Crippen LogP contribution in [0.2, 0.25) is 0 Å². The second-order valence-corrected chi connectivity index (χ2v) is 3.42. The van der Waals surface area contributed by atoms with E-state index < -0.39 is 4.92 Å². The molecule has 0 unspecified atom stereocenters. The first-order valence-electron chi connectivity index (χ1n) is 5.45. The molecule has 7 heteroatoms. The van der Waals surface area contributed by atoms with Crippen LogP contribution in [0.5, 0.6) is 0 Å². The Balaban J connectivity index is 2.83. The van der Waals surface area contributed by atoms with Crippen LogP contribution >= 0.6 is 0 Å². The Kier molecular flexibility index (Phi) is 5.17. The second-order valence-electron chi connectivity index (χ2n) is 3.42. The van der Waals surface area contributed by atoms with Gasteiger partial charge in [0.1, 0.15) is 6.07 Å².